The molecule has 0 saturated heterocycles. The molecule has 0 unspecified atom stereocenters. The van der Waals surface area contributed by atoms with Crippen molar-refractivity contribution in [2.45, 2.75) is 18.7 Å². The Bertz CT molecular complexity index is 805. The van der Waals surface area contributed by atoms with Gasteiger partial charge in [0.15, 0.2) is 6.61 Å². The summed E-state index contributed by atoms with van der Waals surface area (Å²) in [5, 5.41) is 2.63. The molecule has 0 heterocycles. The van der Waals surface area contributed by atoms with Gasteiger partial charge in [0.1, 0.15) is 5.75 Å². The van der Waals surface area contributed by atoms with Gasteiger partial charge >= 0.3 is 0 Å². The van der Waals surface area contributed by atoms with E-state index in [9.17, 15) is 13.2 Å². The Labute approximate surface area is 141 Å². The molecular formula is C17H20N2O4S. The molecule has 1 amide bonds. The number of hydrogen-bond donors (Lipinski definition) is 2. The second-order valence-corrected chi connectivity index (χ2v) is 6.82. The molecule has 0 aliphatic heterocycles. The Kier molecular flexibility index (Phi) is 5.81. The van der Waals surface area contributed by atoms with Gasteiger partial charge in [-0.1, -0.05) is 18.2 Å². The van der Waals surface area contributed by atoms with Gasteiger partial charge in [0.25, 0.3) is 15.9 Å². The Morgan fingerprint density at radius 2 is 1.83 bits per heavy atom. The predicted octanol–water partition coefficient (Wildman–Crippen LogP) is 2.31. The van der Waals surface area contributed by atoms with E-state index in [0.717, 1.165) is 0 Å². The van der Waals surface area contributed by atoms with Crippen LogP contribution in [0.15, 0.2) is 53.4 Å². The molecule has 0 fully saturated rings. The second-order valence-electron chi connectivity index (χ2n) is 5.14. The summed E-state index contributed by atoms with van der Waals surface area (Å²) in [7, 11) is -3.68. The van der Waals surface area contributed by atoms with Crippen molar-refractivity contribution in [2.24, 2.45) is 0 Å². The maximum atomic E-state index is 12.4. The smallest absolute Gasteiger partial charge is 0.261 e. The van der Waals surface area contributed by atoms with Gasteiger partial charge in [-0.15, -0.1) is 0 Å². The van der Waals surface area contributed by atoms with E-state index in [1.807, 2.05) is 13.0 Å². The molecule has 2 aromatic carbocycles. The first kappa shape index (κ1) is 17.8. The summed E-state index contributed by atoms with van der Waals surface area (Å²) in [5.41, 5.74) is 1.13. The molecule has 128 valence electrons. The van der Waals surface area contributed by atoms with E-state index in [-0.39, 0.29) is 17.4 Å². The molecule has 0 spiro atoms. The van der Waals surface area contributed by atoms with Crippen molar-refractivity contribution in [3.63, 3.8) is 0 Å². The number of rotatable bonds is 7. The Morgan fingerprint density at radius 1 is 1.12 bits per heavy atom. The molecule has 0 radical (unpaired) electrons. The van der Waals surface area contributed by atoms with Gasteiger partial charge in [0.05, 0.1) is 4.90 Å². The Morgan fingerprint density at radius 3 is 2.46 bits per heavy atom. The fourth-order valence-corrected chi connectivity index (χ4v) is 3.21. The normalized spacial score (nSPS) is 10.9. The fourth-order valence-electron chi connectivity index (χ4n) is 2.06. The van der Waals surface area contributed by atoms with Crippen LogP contribution >= 0.6 is 0 Å². The van der Waals surface area contributed by atoms with Gasteiger partial charge in [-0.25, -0.2) is 8.42 Å². The average Bonchev–Trinajstić information content (AvgIpc) is 2.54. The highest BCUT2D eigenvalue weighted by molar-refractivity contribution is 7.92. The summed E-state index contributed by atoms with van der Waals surface area (Å²) in [6.07, 6.45) is 0. The quantitative estimate of drug-likeness (QED) is 0.804. The first-order valence-corrected chi connectivity index (χ1v) is 8.98. The van der Waals surface area contributed by atoms with Crippen LogP contribution in [0.2, 0.25) is 0 Å². The molecule has 0 saturated carbocycles. The van der Waals surface area contributed by atoms with Crippen molar-refractivity contribution >= 4 is 21.6 Å². The molecule has 0 atom stereocenters. The van der Waals surface area contributed by atoms with Gasteiger partial charge in [0.2, 0.25) is 0 Å². The van der Waals surface area contributed by atoms with E-state index in [1.165, 1.54) is 12.1 Å². The van der Waals surface area contributed by atoms with Crippen LogP contribution in [0.5, 0.6) is 5.75 Å². The van der Waals surface area contributed by atoms with Gasteiger partial charge in [0, 0.05) is 12.2 Å². The molecule has 0 aliphatic carbocycles. The molecule has 0 aliphatic rings. The summed E-state index contributed by atoms with van der Waals surface area (Å²) in [6.45, 7) is 3.98. The zero-order chi connectivity index (χ0) is 17.6. The number of anilines is 1. The summed E-state index contributed by atoms with van der Waals surface area (Å²) in [6, 6.07) is 13.2. The van der Waals surface area contributed by atoms with E-state index >= 15 is 0 Å². The van der Waals surface area contributed by atoms with E-state index in [2.05, 4.69) is 10.0 Å². The first-order chi connectivity index (χ1) is 11.4. The van der Waals surface area contributed by atoms with Gasteiger partial charge in [-0.05, 0) is 49.7 Å². The van der Waals surface area contributed by atoms with E-state index in [1.54, 1.807) is 37.3 Å². The zero-order valence-corrected chi connectivity index (χ0v) is 14.4. The molecule has 2 N–H and O–H groups in total. The Hall–Kier alpha value is -2.54. The lowest BCUT2D eigenvalue weighted by Crippen LogP contribution is -2.28. The van der Waals surface area contributed by atoms with Crippen molar-refractivity contribution in [2.75, 3.05) is 17.9 Å². The standard InChI is InChI=1S/C17H20N2O4S/c1-3-18-17(20)12-23-16-10-9-15(11-13(16)2)24(21,22)19-14-7-5-4-6-8-14/h4-11,19H,3,12H2,1-2H3,(H,18,20). The minimum absolute atomic E-state index is 0.108. The average molecular weight is 348 g/mol. The molecule has 2 rings (SSSR count). The minimum Gasteiger partial charge on any atom is -0.484 e. The number of ether oxygens (including phenoxy) is 1. The summed E-state index contributed by atoms with van der Waals surface area (Å²) < 4.78 is 32.7. The number of nitrogens with one attached hydrogen (secondary N) is 2. The van der Waals surface area contributed by atoms with Crippen LogP contribution in [0.25, 0.3) is 0 Å². The topological polar surface area (TPSA) is 84.5 Å². The lowest BCUT2D eigenvalue weighted by atomic mass is 10.2. The van der Waals surface area contributed by atoms with E-state index in [0.29, 0.717) is 23.5 Å². The Balaban J connectivity index is 2.12. The van der Waals surface area contributed by atoms with Crippen LogP contribution in [-0.4, -0.2) is 27.5 Å². The number of aryl methyl sites for hydroxylation is 1. The number of likely N-dealkylation sites (N-methyl/N-ethyl adjacent to an activating group) is 1. The molecule has 24 heavy (non-hydrogen) atoms. The SMILES string of the molecule is CCNC(=O)COc1ccc(S(=O)(=O)Nc2ccccc2)cc1C. The highest BCUT2D eigenvalue weighted by Crippen LogP contribution is 2.23. The van der Waals surface area contributed by atoms with Crippen molar-refractivity contribution < 1.29 is 17.9 Å². The van der Waals surface area contributed by atoms with Gasteiger partial charge < -0.3 is 10.1 Å². The lowest BCUT2D eigenvalue weighted by molar-refractivity contribution is -0.122. The number of amides is 1. The van der Waals surface area contributed by atoms with Crippen LogP contribution in [0.3, 0.4) is 0 Å². The minimum atomic E-state index is -3.68. The molecular weight excluding hydrogens is 328 g/mol. The molecule has 7 heteroatoms. The molecule has 0 aromatic heterocycles. The number of carbonyl (C=O) groups is 1. The van der Waals surface area contributed by atoms with Crippen LogP contribution in [0.4, 0.5) is 5.69 Å². The molecule has 0 bridgehead atoms. The van der Waals surface area contributed by atoms with Gasteiger partial charge in [-0.3, -0.25) is 9.52 Å². The third kappa shape index (κ3) is 4.73. The monoisotopic (exact) mass is 348 g/mol. The van der Waals surface area contributed by atoms with E-state index < -0.39 is 10.0 Å². The first-order valence-electron chi connectivity index (χ1n) is 7.50. The number of benzene rings is 2. The van der Waals surface area contributed by atoms with Crippen molar-refractivity contribution in [1.29, 1.82) is 0 Å². The second kappa shape index (κ2) is 7.83. The third-order valence-corrected chi connectivity index (χ3v) is 4.59. The van der Waals surface area contributed by atoms with Crippen molar-refractivity contribution in [3.8, 4) is 5.75 Å². The van der Waals surface area contributed by atoms with E-state index in [4.69, 9.17) is 4.74 Å². The fraction of sp³-hybridized carbons (Fsp3) is 0.235. The number of carbonyl (C=O) groups excluding carboxylic acids is 1. The largest absolute Gasteiger partial charge is 0.484 e. The van der Waals surface area contributed by atoms with Crippen LogP contribution in [0.1, 0.15) is 12.5 Å². The molecule has 6 nitrogen and oxygen atoms in total. The predicted molar refractivity (Wildman–Crippen MR) is 92.6 cm³/mol. The highest BCUT2D eigenvalue weighted by atomic mass is 32.2. The summed E-state index contributed by atoms with van der Waals surface area (Å²) in [4.78, 5) is 11.5. The number of hydrogen-bond acceptors (Lipinski definition) is 4. The summed E-state index contributed by atoms with van der Waals surface area (Å²) >= 11 is 0. The van der Waals surface area contributed by atoms with Gasteiger partial charge in [-0.2, -0.15) is 0 Å². The third-order valence-electron chi connectivity index (χ3n) is 3.22. The van der Waals surface area contributed by atoms with Crippen molar-refractivity contribution in [1.82, 2.24) is 5.32 Å². The van der Waals surface area contributed by atoms with Crippen molar-refractivity contribution in [3.05, 3.63) is 54.1 Å². The number of para-hydroxylation sites is 1. The summed E-state index contributed by atoms with van der Waals surface area (Å²) in [5.74, 6) is 0.249. The van der Waals surface area contributed by atoms with Crippen LogP contribution < -0.4 is 14.8 Å². The maximum Gasteiger partial charge on any atom is 0.261 e. The lowest BCUT2D eigenvalue weighted by Gasteiger charge is -2.12. The zero-order valence-electron chi connectivity index (χ0n) is 13.6. The molecule has 2 aromatic rings. The van der Waals surface area contributed by atoms with Crippen LogP contribution in [-0.2, 0) is 14.8 Å². The number of sulfonamides is 1. The van der Waals surface area contributed by atoms with Crippen LogP contribution in [0, 0.1) is 6.92 Å². The maximum absolute atomic E-state index is 12.4. The highest BCUT2D eigenvalue weighted by Gasteiger charge is 2.16.